The molecule has 4 N–H and O–H groups in total. The molecular weight excluding hydrogens is 425 g/mol. The van der Waals surface area contributed by atoms with Gasteiger partial charge in [0, 0.05) is 31.1 Å². The monoisotopic (exact) mass is 459 g/mol. The summed E-state index contributed by atoms with van der Waals surface area (Å²) in [5, 5.41) is 3.62. The Morgan fingerprint density at radius 3 is 2.72 bits per heavy atom. The SMILES string of the molecule is C=CC[C@H]1c2ccc(F)cc2CC[C@@H]1NC[C@@H](N)CCCCNS(=O)(=O)c1ccccc1. The molecule has 0 amide bonds. The van der Waals surface area contributed by atoms with Crippen molar-refractivity contribution in [3.05, 3.63) is 78.1 Å². The van der Waals surface area contributed by atoms with E-state index in [1.165, 1.54) is 11.6 Å². The lowest BCUT2D eigenvalue weighted by atomic mass is 9.77. The van der Waals surface area contributed by atoms with Crippen molar-refractivity contribution >= 4 is 10.0 Å². The van der Waals surface area contributed by atoms with Crippen molar-refractivity contribution in [2.24, 2.45) is 5.73 Å². The summed E-state index contributed by atoms with van der Waals surface area (Å²) in [4.78, 5) is 0.284. The number of nitrogens with one attached hydrogen (secondary N) is 2. The molecule has 2 aromatic carbocycles. The van der Waals surface area contributed by atoms with Gasteiger partial charge in [0.15, 0.2) is 0 Å². The Bertz CT molecular complexity index is 982. The van der Waals surface area contributed by atoms with Gasteiger partial charge >= 0.3 is 0 Å². The predicted molar refractivity (Wildman–Crippen MR) is 128 cm³/mol. The molecule has 0 radical (unpaired) electrons. The van der Waals surface area contributed by atoms with Gasteiger partial charge in [0.2, 0.25) is 10.0 Å². The molecule has 2 aromatic rings. The van der Waals surface area contributed by atoms with Crippen molar-refractivity contribution in [1.82, 2.24) is 10.0 Å². The largest absolute Gasteiger partial charge is 0.327 e. The standard InChI is InChI=1S/C25H34FN3O2S/c1-2-8-24-23-14-13-20(26)17-19(23)12-15-25(24)28-18-21(27)9-6-7-16-29-32(30,31)22-10-4-3-5-11-22/h2-5,10-11,13-14,17,21,24-25,28-29H,1,6-9,12,15-16,18,27H2/t21-,24-,25-/m0/s1. The minimum absolute atomic E-state index is 0.000253. The van der Waals surface area contributed by atoms with Crippen LogP contribution in [0.2, 0.25) is 0 Å². The topological polar surface area (TPSA) is 84.2 Å². The number of allylic oxidation sites excluding steroid dienone is 1. The highest BCUT2D eigenvalue weighted by Gasteiger charge is 2.28. The van der Waals surface area contributed by atoms with Crippen molar-refractivity contribution in [2.75, 3.05) is 13.1 Å². The number of aryl methyl sites for hydroxylation is 1. The molecule has 0 saturated heterocycles. The van der Waals surface area contributed by atoms with Gasteiger partial charge in [-0.25, -0.2) is 17.5 Å². The van der Waals surface area contributed by atoms with Gasteiger partial charge in [0.05, 0.1) is 4.90 Å². The zero-order valence-electron chi connectivity index (χ0n) is 18.5. The third kappa shape index (κ3) is 6.72. The van der Waals surface area contributed by atoms with Crippen molar-refractivity contribution in [3.63, 3.8) is 0 Å². The molecule has 3 atom stereocenters. The number of unbranched alkanes of at least 4 members (excludes halogenated alkanes) is 1. The van der Waals surface area contributed by atoms with Gasteiger partial charge in [-0.3, -0.25) is 0 Å². The normalized spacial score (nSPS) is 19.3. The molecular formula is C25H34FN3O2S. The summed E-state index contributed by atoms with van der Waals surface area (Å²) in [7, 11) is -3.45. The van der Waals surface area contributed by atoms with E-state index in [0.29, 0.717) is 13.1 Å². The third-order valence-corrected chi connectivity index (χ3v) is 7.60. The summed E-state index contributed by atoms with van der Waals surface area (Å²) in [6.07, 6.45) is 6.98. The van der Waals surface area contributed by atoms with E-state index in [2.05, 4.69) is 16.6 Å². The van der Waals surface area contributed by atoms with Gasteiger partial charge in [-0.05, 0) is 67.5 Å². The smallest absolute Gasteiger partial charge is 0.240 e. The second-order valence-corrected chi connectivity index (χ2v) is 10.3. The first-order valence-corrected chi connectivity index (χ1v) is 12.8. The number of rotatable bonds is 12. The fourth-order valence-corrected chi connectivity index (χ4v) is 5.52. The first-order valence-electron chi connectivity index (χ1n) is 11.3. The summed E-state index contributed by atoms with van der Waals surface area (Å²) < 4.78 is 40.7. The number of hydrogen-bond acceptors (Lipinski definition) is 4. The van der Waals surface area contributed by atoms with E-state index in [1.807, 2.05) is 12.1 Å². The molecule has 32 heavy (non-hydrogen) atoms. The van der Waals surface area contributed by atoms with Gasteiger partial charge in [-0.1, -0.05) is 36.8 Å². The zero-order chi connectivity index (χ0) is 23.0. The van der Waals surface area contributed by atoms with E-state index in [-0.39, 0.29) is 28.7 Å². The zero-order valence-corrected chi connectivity index (χ0v) is 19.3. The average molecular weight is 460 g/mol. The number of benzene rings is 2. The highest BCUT2D eigenvalue weighted by Crippen LogP contribution is 2.35. The van der Waals surface area contributed by atoms with Gasteiger partial charge in [0.25, 0.3) is 0 Å². The molecule has 0 heterocycles. The highest BCUT2D eigenvalue weighted by molar-refractivity contribution is 7.89. The van der Waals surface area contributed by atoms with E-state index in [0.717, 1.165) is 44.1 Å². The first kappa shape index (κ1) is 24.6. The minimum atomic E-state index is -3.45. The molecule has 3 rings (SSSR count). The number of nitrogens with two attached hydrogens (primary N) is 1. The first-order chi connectivity index (χ1) is 15.4. The van der Waals surface area contributed by atoms with Crippen molar-refractivity contribution in [3.8, 4) is 0 Å². The highest BCUT2D eigenvalue weighted by atomic mass is 32.2. The summed E-state index contributed by atoms with van der Waals surface area (Å²) in [5.41, 5.74) is 8.61. The second-order valence-electron chi connectivity index (χ2n) is 8.49. The lowest BCUT2D eigenvalue weighted by molar-refractivity contribution is 0.369. The van der Waals surface area contributed by atoms with Crippen molar-refractivity contribution in [1.29, 1.82) is 0 Å². The van der Waals surface area contributed by atoms with Crippen LogP contribution < -0.4 is 15.8 Å². The molecule has 0 unspecified atom stereocenters. The Morgan fingerprint density at radius 1 is 1.19 bits per heavy atom. The van der Waals surface area contributed by atoms with Crippen LogP contribution in [-0.2, 0) is 16.4 Å². The van der Waals surface area contributed by atoms with E-state index < -0.39 is 10.0 Å². The van der Waals surface area contributed by atoms with Crippen LogP contribution in [0.5, 0.6) is 0 Å². The Morgan fingerprint density at radius 2 is 1.97 bits per heavy atom. The maximum Gasteiger partial charge on any atom is 0.240 e. The molecule has 0 aromatic heterocycles. The molecule has 7 heteroatoms. The number of hydrogen-bond donors (Lipinski definition) is 3. The van der Waals surface area contributed by atoms with Crippen LogP contribution in [0.1, 0.15) is 49.1 Å². The maximum absolute atomic E-state index is 13.6. The van der Waals surface area contributed by atoms with Crippen molar-refractivity contribution < 1.29 is 12.8 Å². The van der Waals surface area contributed by atoms with Crippen LogP contribution in [0.3, 0.4) is 0 Å². The molecule has 0 saturated carbocycles. The van der Waals surface area contributed by atoms with Crippen molar-refractivity contribution in [2.45, 2.75) is 61.4 Å². The molecule has 0 aliphatic heterocycles. The molecule has 174 valence electrons. The quantitative estimate of drug-likeness (QED) is 0.332. The molecule has 5 nitrogen and oxygen atoms in total. The van der Waals surface area contributed by atoms with E-state index >= 15 is 0 Å². The lowest BCUT2D eigenvalue weighted by Crippen LogP contribution is -2.44. The van der Waals surface area contributed by atoms with Gasteiger partial charge < -0.3 is 11.1 Å². The van der Waals surface area contributed by atoms with E-state index in [4.69, 9.17) is 5.73 Å². The summed E-state index contributed by atoms with van der Waals surface area (Å²) in [6.45, 7) is 4.99. The van der Waals surface area contributed by atoms with Crippen LogP contribution >= 0.6 is 0 Å². The van der Waals surface area contributed by atoms with Gasteiger partial charge in [-0.15, -0.1) is 6.58 Å². The molecule has 0 fully saturated rings. The lowest BCUT2D eigenvalue weighted by Gasteiger charge is -2.34. The molecule has 1 aliphatic rings. The maximum atomic E-state index is 13.6. The van der Waals surface area contributed by atoms with Crippen LogP contribution in [-0.4, -0.2) is 33.6 Å². The predicted octanol–water partition coefficient (Wildman–Crippen LogP) is 3.87. The Balaban J connectivity index is 1.40. The van der Waals surface area contributed by atoms with Crippen LogP contribution in [0, 0.1) is 5.82 Å². The second kappa shape index (κ2) is 11.7. The fraction of sp³-hybridized carbons (Fsp3) is 0.440. The summed E-state index contributed by atoms with van der Waals surface area (Å²) >= 11 is 0. The fourth-order valence-electron chi connectivity index (χ4n) is 4.42. The molecule has 0 bridgehead atoms. The Kier molecular flexibility index (Phi) is 8.99. The average Bonchev–Trinajstić information content (AvgIpc) is 2.78. The van der Waals surface area contributed by atoms with E-state index in [9.17, 15) is 12.8 Å². The Hall–Kier alpha value is -2.06. The summed E-state index contributed by atoms with van der Waals surface area (Å²) in [5.74, 6) is 0.0945. The van der Waals surface area contributed by atoms with E-state index in [1.54, 1.807) is 36.4 Å². The molecule has 0 spiro atoms. The van der Waals surface area contributed by atoms with Crippen LogP contribution in [0.15, 0.2) is 66.1 Å². The minimum Gasteiger partial charge on any atom is -0.327 e. The van der Waals surface area contributed by atoms with Gasteiger partial charge in [-0.2, -0.15) is 0 Å². The number of halogens is 1. The summed E-state index contributed by atoms with van der Waals surface area (Å²) in [6, 6.07) is 13.8. The van der Waals surface area contributed by atoms with Crippen LogP contribution in [0.25, 0.3) is 0 Å². The van der Waals surface area contributed by atoms with Gasteiger partial charge in [0.1, 0.15) is 5.82 Å². The number of fused-ring (bicyclic) bond motifs is 1. The van der Waals surface area contributed by atoms with Crippen LogP contribution in [0.4, 0.5) is 4.39 Å². The number of sulfonamides is 1. The third-order valence-electron chi connectivity index (χ3n) is 6.12. The Labute approximate surface area is 191 Å². The molecule has 1 aliphatic carbocycles.